The van der Waals surface area contributed by atoms with Crippen molar-refractivity contribution in [3.8, 4) is 0 Å². The normalized spacial score (nSPS) is 13.6. The lowest BCUT2D eigenvalue weighted by molar-refractivity contribution is -0.384. The molecule has 0 aliphatic carbocycles. The van der Waals surface area contributed by atoms with Gasteiger partial charge in [0, 0.05) is 28.9 Å². The van der Waals surface area contributed by atoms with Crippen LogP contribution in [0, 0.1) is 10.1 Å². The molecule has 0 saturated heterocycles. The summed E-state index contributed by atoms with van der Waals surface area (Å²) < 4.78 is 11.2. The number of hydrazine groups is 1. The van der Waals surface area contributed by atoms with Crippen LogP contribution in [0.1, 0.15) is 13.3 Å². The summed E-state index contributed by atoms with van der Waals surface area (Å²) >= 11 is 0. The summed E-state index contributed by atoms with van der Waals surface area (Å²) in [6, 6.07) is 2.57. The lowest BCUT2D eigenvalue weighted by Crippen LogP contribution is -2.16. The largest absolute Gasteiger partial charge is 0.370 e. The first-order valence-corrected chi connectivity index (χ1v) is 7.25. The molecule has 1 heterocycles. The topological polar surface area (TPSA) is 123 Å². The van der Waals surface area contributed by atoms with Crippen molar-refractivity contribution < 1.29 is 9.13 Å². The Morgan fingerprint density at radius 3 is 2.68 bits per heavy atom. The van der Waals surface area contributed by atoms with Gasteiger partial charge in [0.2, 0.25) is 0 Å². The molecule has 2 unspecified atom stereocenters. The molecule has 4 N–H and O–H groups in total. The van der Waals surface area contributed by atoms with Crippen LogP contribution >= 0.6 is 0 Å². The number of rotatable bonds is 7. The van der Waals surface area contributed by atoms with Crippen molar-refractivity contribution in [3.63, 3.8) is 0 Å². The zero-order chi connectivity index (χ0) is 14.4. The van der Waals surface area contributed by atoms with E-state index in [4.69, 9.17) is 5.84 Å². The highest BCUT2D eigenvalue weighted by atomic mass is 32.2. The third-order valence-corrected chi connectivity index (χ3v) is 3.96. The minimum absolute atomic E-state index is 0.0540. The smallest absolute Gasteiger partial charge is 0.276 e. The Labute approximate surface area is 113 Å². The van der Waals surface area contributed by atoms with Crippen LogP contribution in [-0.4, -0.2) is 32.2 Å². The van der Waals surface area contributed by atoms with Crippen LogP contribution in [0.15, 0.2) is 12.1 Å². The third kappa shape index (κ3) is 4.79. The Morgan fingerprint density at radius 1 is 1.53 bits per heavy atom. The lowest BCUT2D eigenvalue weighted by atomic mass is 10.3. The molecule has 106 valence electrons. The van der Waals surface area contributed by atoms with Gasteiger partial charge in [0.15, 0.2) is 0 Å². The van der Waals surface area contributed by atoms with Crippen LogP contribution in [-0.2, 0) is 10.8 Å². The maximum absolute atomic E-state index is 11.2. The number of nitrogens with two attached hydrogens (primary N) is 1. The van der Waals surface area contributed by atoms with E-state index >= 15 is 0 Å². The van der Waals surface area contributed by atoms with E-state index < -0.39 is 15.7 Å². The average Bonchev–Trinajstić information content (AvgIpc) is 2.37. The predicted molar refractivity (Wildman–Crippen MR) is 75.3 cm³/mol. The van der Waals surface area contributed by atoms with E-state index in [1.807, 2.05) is 6.92 Å². The molecule has 0 aliphatic rings. The van der Waals surface area contributed by atoms with Crippen molar-refractivity contribution in [2.24, 2.45) is 5.84 Å². The second-order valence-electron chi connectivity index (χ2n) is 4.02. The number of pyridine rings is 1. The third-order valence-electron chi connectivity index (χ3n) is 2.59. The van der Waals surface area contributed by atoms with Gasteiger partial charge in [0.25, 0.3) is 5.69 Å². The van der Waals surface area contributed by atoms with Gasteiger partial charge in [-0.05, 0) is 6.42 Å². The molecule has 1 aromatic heterocycles. The second kappa shape index (κ2) is 7.00. The first-order chi connectivity index (χ1) is 8.93. The number of nitro groups is 1. The fourth-order valence-electron chi connectivity index (χ4n) is 1.36. The molecule has 0 amide bonds. The monoisotopic (exact) mass is 287 g/mol. The molecule has 19 heavy (non-hydrogen) atoms. The fraction of sp³-hybridized carbons (Fsp3) is 0.500. The highest BCUT2D eigenvalue weighted by Gasteiger charge is 2.11. The number of anilines is 2. The molecule has 0 spiro atoms. The summed E-state index contributed by atoms with van der Waals surface area (Å²) in [6.45, 7) is 2.41. The molecule has 2 atom stereocenters. The quantitative estimate of drug-likeness (QED) is 0.386. The molecule has 1 rings (SSSR count). The maximum atomic E-state index is 11.2. The molecular weight excluding hydrogens is 270 g/mol. The van der Waals surface area contributed by atoms with Crippen molar-refractivity contribution in [3.05, 3.63) is 22.2 Å². The standard InChI is InChI=1S/C10H17N5O3S/c1-7(19(2)18)3-4-12-9-5-8(15(16)17)6-10(13-9)14-11/h5-7H,3-4,11H2,1-2H3,(H2,12,13,14). The number of nitrogens with one attached hydrogen (secondary N) is 2. The van der Waals surface area contributed by atoms with E-state index in [0.29, 0.717) is 18.8 Å². The molecule has 0 aliphatic heterocycles. The minimum Gasteiger partial charge on any atom is -0.370 e. The van der Waals surface area contributed by atoms with Gasteiger partial charge in [-0.15, -0.1) is 0 Å². The first kappa shape index (κ1) is 15.3. The summed E-state index contributed by atoms with van der Waals surface area (Å²) in [5, 5.41) is 13.7. The predicted octanol–water partition coefficient (Wildman–Crippen LogP) is 0.844. The maximum Gasteiger partial charge on any atom is 0.276 e. The van der Waals surface area contributed by atoms with E-state index in [2.05, 4.69) is 15.7 Å². The summed E-state index contributed by atoms with van der Waals surface area (Å²) in [7, 11) is -0.887. The Hall–Kier alpha value is -1.74. The van der Waals surface area contributed by atoms with Gasteiger partial charge in [0.05, 0.1) is 17.1 Å². The lowest BCUT2D eigenvalue weighted by Gasteiger charge is -2.10. The van der Waals surface area contributed by atoms with E-state index in [0.717, 1.165) is 0 Å². The number of aromatic nitrogens is 1. The molecule has 9 heteroatoms. The van der Waals surface area contributed by atoms with E-state index in [9.17, 15) is 14.3 Å². The van der Waals surface area contributed by atoms with Crippen molar-refractivity contribution in [2.45, 2.75) is 18.6 Å². The van der Waals surface area contributed by atoms with Gasteiger partial charge in [-0.2, -0.15) is 0 Å². The number of nitrogen functional groups attached to an aromatic ring is 1. The van der Waals surface area contributed by atoms with Crippen molar-refractivity contribution >= 4 is 28.1 Å². The van der Waals surface area contributed by atoms with Crippen LogP contribution in [0.2, 0.25) is 0 Å². The molecule has 1 aromatic rings. The molecule has 0 saturated carbocycles. The van der Waals surface area contributed by atoms with E-state index in [-0.39, 0.29) is 16.8 Å². The summed E-state index contributed by atoms with van der Waals surface area (Å²) in [5.74, 6) is 5.77. The van der Waals surface area contributed by atoms with Gasteiger partial charge in [-0.25, -0.2) is 10.8 Å². The van der Waals surface area contributed by atoms with Crippen LogP contribution in [0.5, 0.6) is 0 Å². The zero-order valence-electron chi connectivity index (χ0n) is 10.8. The fourth-order valence-corrected chi connectivity index (χ4v) is 1.81. The van der Waals surface area contributed by atoms with Gasteiger partial charge in [0.1, 0.15) is 11.6 Å². The second-order valence-corrected chi connectivity index (χ2v) is 5.82. The average molecular weight is 287 g/mol. The zero-order valence-corrected chi connectivity index (χ0v) is 11.6. The molecule has 0 radical (unpaired) electrons. The Balaban J connectivity index is 2.70. The van der Waals surface area contributed by atoms with Gasteiger partial charge < -0.3 is 10.7 Å². The first-order valence-electron chi connectivity index (χ1n) is 5.63. The van der Waals surface area contributed by atoms with Gasteiger partial charge >= 0.3 is 0 Å². The van der Waals surface area contributed by atoms with Crippen LogP contribution in [0.3, 0.4) is 0 Å². The van der Waals surface area contributed by atoms with Crippen LogP contribution in [0.4, 0.5) is 17.3 Å². The summed E-state index contributed by atoms with van der Waals surface area (Å²) in [6.07, 6.45) is 2.32. The van der Waals surface area contributed by atoms with Gasteiger partial charge in [-0.3, -0.25) is 14.3 Å². The van der Waals surface area contributed by atoms with Gasteiger partial charge in [-0.1, -0.05) is 6.92 Å². The van der Waals surface area contributed by atoms with E-state index in [1.165, 1.54) is 12.1 Å². The van der Waals surface area contributed by atoms with Crippen molar-refractivity contribution in [2.75, 3.05) is 23.5 Å². The minimum atomic E-state index is -0.887. The molecule has 0 aromatic carbocycles. The highest BCUT2D eigenvalue weighted by Crippen LogP contribution is 2.20. The SMILES string of the molecule is CC(CCNc1cc([N+](=O)[O-])cc(NN)n1)S(C)=O. The number of hydrogen-bond donors (Lipinski definition) is 3. The number of nitrogens with zero attached hydrogens (tertiary/aromatic N) is 2. The summed E-state index contributed by atoms with van der Waals surface area (Å²) in [4.78, 5) is 14.3. The number of hydrogen-bond acceptors (Lipinski definition) is 7. The molecule has 0 bridgehead atoms. The van der Waals surface area contributed by atoms with E-state index in [1.54, 1.807) is 6.26 Å². The molecular formula is C10H17N5O3S. The Morgan fingerprint density at radius 2 is 2.16 bits per heavy atom. The Kier molecular flexibility index (Phi) is 5.64. The molecule has 8 nitrogen and oxygen atoms in total. The summed E-state index contributed by atoms with van der Waals surface area (Å²) in [5.41, 5.74) is 2.18. The van der Waals surface area contributed by atoms with Crippen molar-refractivity contribution in [1.29, 1.82) is 0 Å². The Bertz CT molecular complexity index is 482. The highest BCUT2D eigenvalue weighted by molar-refractivity contribution is 7.84. The molecule has 0 fully saturated rings. The van der Waals surface area contributed by atoms with Crippen LogP contribution in [0.25, 0.3) is 0 Å². The van der Waals surface area contributed by atoms with Crippen LogP contribution < -0.4 is 16.6 Å². The van der Waals surface area contributed by atoms with Crippen molar-refractivity contribution in [1.82, 2.24) is 4.98 Å².